The normalized spacial score (nSPS) is 21.4. The average molecular weight is 236 g/mol. The Bertz CT molecular complexity index is 429. The molecule has 1 fully saturated rings. The lowest BCUT2D eigenvalue weighted by Crippen LogP contribution is -2.40. The van der Waals surface area contributed by atoms with Crippen molar-refractivity contribution in [2.75, 3.05) is 25.5 Å². The topological polar surface area (TPSA) is 61.0 Å². The van der Waals surface area contributed by atoms with Gasteiger partial charge < -0.3 is 15.2 Å². The van der Waals surface area contributed by atoms with Crippen LogP contribution in [0.1, 0.15) is 25.6 Å². The Morgan fingerprint density at radius 3 is 3.18 bits per heavy atom. The molecule has 1 aliphatic heterocycles. The van der Waals surface area contributed by atoms with Gasteiger partial charge in [0.2, 0.25) is 0 Å². The summed E-state index contributed by atoms with van der Waals surface area (Å²) in [5.41, 5.74) is -0.0801. The molecule has 1 aromatic heterocycles. The summed E-state index contributed by atoms with van der Waals surface area (Å²) in [5.74, 6) is 1.44. The Kier molecular flexibility index (Phi) is 3.78. The molecule has 0 aromatic carbocycles. The number of anilines is 1. The number of nitrogens with zero attached hydrogens (tertiary/aromatic N) is 2. The van der Waals surface area contributed by atoms with Gasteiger partial charge in [0.05, 0.1) is 0 Å². The summed E-state index contributed by atoms with van der Waals surface area (Å²) in [6.45, 7) is 4.15. The van der Waals surface area contributed by atoms with Crippen molar-refractivity contribution < 1.29 is 0 Å². The average Bonchev–Trinajstić information content (AvgIpc) is 2.28. The molecule has 1 aliphatic rings. The number of likely N-dealkylation sites (tertiary alicyclic amines) is 1. The molecule has 0 bridgehead atoms. The van der Waals surface area contributed by atoms with Crippen LogP contribution in [0.4, 0.5) is 5.82 Å². The second-order valence-corrected chi connectivity index (χ2v) is 4.68. The minimum atomic E-state index is -0.0801. The number of nitrogens with one attached hydrogen (secondary N) is 2. The molecular weight excluding hydrogens is 216 g/mol. The molecule has 0 amide bonds. The number of aromatic nitrogens is 2. The van der Waals surface area contributed by atoms with Crippen molar-refractivity contribution >= 4 is 5.82 Å². The molecule has 0 spiro atoms. The van der Waals surface area contributed by atoms with Gasteiger partial charge in [0, 0.05) is 25.1 Å². The molecule has 0 radical (unpaired) electrons. The number of aryl methyl sites for hydroxylation is 1. The van der Waals surface area contributed by atoms with E-state index in [-0.39, 0.29) is 5.56 Å². The molecule has 1 saturated heterocycles. The second kappa shape index (κ2) is 5.31. The maximum absolute atomic E-state index is 11.4. The van der Waals surface area contributed by atoms with Crippen molar-refractivity contribution in [1.29, 1.82) is 0 Å². The van der Waals surface area contributed by atoms with Crippen LogP contribution >= 0.6 is 0 Å². The van der Waals surface area contributed by atoms with Crippen LogP contribution in [-0.2, 0) is 6.42 Å². The first-order valence-corrected chi connectivity index (χ1v) is 6.22. The highest BCUT2D eigenvalue weighted by Gasteiger charge is 2.17. The molecule has 2 rings (SSSR count). The fourth-order valence-electron chi connectivity index (χ4n) is 2.24. The van der Waals surface area contributed by atoms with Gasteiger partial charge in [0.1, 0.15) is 11.6 Å². The minimum Gasteiger partial charge on any atom is -0.366 e. The van der Waals surface area contributed by atoms with Crippen molar-refractivity contribution in [3.8, 4) is 0 Å². The molecule has 0 saturated carbocycles. The van der Waals surface area contributed by atoms with Gasteiger partial charge in [-0.25, -0.2) is 4.98 Å². The van der Waals surface area contributed by atoms with E-state index in [0.717, 1.165) is 31.8 Å². The molecule has 1 unspecified atom stereocenters. The van der Waals surface area contributed by atoms with E-state index in [1.54, 1.807) is 0 Å². The second-order valence-electron chi connectivity index (χ2n) is 4.68. The molecule has 2 heterocycles. The van der Waals surface area contributed by atoms with E-state index in [9.17, 15) is 4.79 Å². The number of rotatable bonds is 3. The first-order chi connectivity index (χ1) is 8.17. The predicted octanol–water partition coefficient (Wildman–Crippen LogP) is 0.838. The van der Waals surface area contributed by atoms with Crippen molar-refractivity contribution in [2.45, 2.75) is 32.2 Å². The maximum Gasteiger partial charge on any atom is 0.252 e. The highest BCUT2D eigenvalue weighted by Crippen LogP contribution is 2.12. The van der Waals surface area contributed by atoms with Crippen molar-refractivity contribution in [3.05, 3.63) is 22.2 Å². The Balaban J connectivity index is 2.07. The van der Waals surface area contributed by atoms with Crippen LogP contribution in [-0.4, -0.2) is 41.0 Å². The summed E-state index contributed by atoms with van der Waals surface area (Å²) in [4.78, 5) is 20.8. The Morgan fingerprint density at radius 2 is 2.47 bits per heavy atom. The standard InChI is InChI=1S/C12H20N4O/c1-3-10-14-11(7-12(17)15-10)13-9-5-4-6-16(2)8-9/h7,9H,3-6,8H2,1-2H3,(H2,13,14,15,17). The number of hydrogen-bond acceptors (Lipinski definition) is 4. The summed E-state index contributed by atoms with van der Waals surface area (Å²) in [6, 6.07) is 1.93. The molecule has 94 valence electrons. The van der Waals surface area contributed by atoms with Crippen LogP contribution < -0.4 is 10.9 Å². The zero-order valence-electron chi connectivity index (χ0n) is 10.5. The summed E-state index contributed by atoms with van der Waals surface area (Å²) >= 11 is 0. The van der Waals surface area contributed by atoms with Gasteiger partial charge in [-0.3, -0.25) is 4.79 Å². The van der Waals surface area contributed by atoms with E-state index in [1.165, 1.54) is 12.5 Å². The summed E-state index contributed by atoms with van der Waals surface area (Å²) < 4.78 is 0. The highest BCUT2D eigenvalue weighted by atomic mass is 16.1. The third-order valence-corrected chi connectivity index (χ3v) is 3.10. The molecule has 0 aliphatic carbocycles. The van der Waals surface area contributed by atoms with Crippen LogP contribution in [0.3, 0.4) is 0 Å². The van der Waals surface area contributed by atoms with Gasteiger partial charge in [-0.05, 0) is 26.4 Å². The highest BCUT2D eigenvalue weighted by molar-refractivity contribution is 5.34. The van der Waals surface area contributed by atoms with Crippen molar-refractivity contribution in [1.82, 2.24) is 14.9 Å². The smallest absolute Gasteiger partial charge is 0.252 e. The summed E-state index contributed by atoms with van der Waals surface area (Å²) in [5, 5.41) is 3.35. The van der Waals surface area contributed by atoms with Gasteiger partial charge in [-0.2, -0.15) is 0 Å². The van der Waals surface area contributed by atoms with E-state index in [2.05, 4.69) is 27.2 Å². The van der Waals surface area contributed by atoms with Crippen LogP contribution in [0.15, 0.2) is 10.9 Å². The number of piperidine rings is 1. The van der Waals surface area contributed by atoms with Gasteiger partial charge in [-0.15, -0.1) is 0 Å². The molecule has 5 heteroatoms. The van der Waals surface area contributed by atoms with Crippen LogP contribution in [0.5, 0.6) is 0 Å². The third-order valence-electron chi connectivity index (χ3n) is 3.10. The lowest BCUT2D eigenvalue weighted by Gasteiger charge is -2.30. The van der Waals surface area contributed by atoms with Crippen molar-refractivity contribution in [2.24, 2.45) is 0 Å². The maximum atomic E-state index is 11.4. The molecule has 1 atom stereocenters. The minimum absolute atomic E-state index is 0.0801. The van der Waals surface area contributed by atoms with Gasteiger partial charge in [0.25, 0.3) is 5.56 Å². The Labute approximate surface area is 101 Å². The summed E-state index contributed by atoms with van der Waals surface area (Å²) in [6.07, 6.45) is 3.08. The number of H-pyrrole nitrogens is 1. The van der Waals surface area contributed by atoms with Gasteiger partial charge >= 0.3 is 0 Å². The van der Waals surface area contributed by atoms with Gasteiger partial charge in [0.15, 0.2) is 0 Å². The van der Waals surface area contributed by atoms with E-state index in [0.29, 0.717) is 11.9 Å². The Morgan fingerprint density at radius 1 is 1.65 bits per heavy atom. The zero-order valence-corrected chi connectivity index (χ0v) is 10.5. The van der Waals surface area contributed by atoms with E-state index in [1.807, 2.05) is 6.92 Å². The first kappa shape index (κ1) is 12.1. The molecule has 2 N–H and O–H groups in total. The van der Waals surface area contributed by atoms with Crippen LogP contribution in [0.2, 0.25) is 0 Å². The number of aromatic amines is 1. The number of hydrogen-bond donors (Lipinski definition) is 2. The van der Waals surface area contributed by atoms with E-state index >= 15 is 0 Å². The molecule has 17 heavy (non-hydrogen) atoms. The largest absolute Gasteiger partial charge is 0.366 e. The lowest BCUT2D eigenvalue weighted by molar-refractivity contribution is 0.260. The third kappa shape index (κ3) is 3.30. The monoisotopic (exact) mass is 236 g/mol. The molecular formula is C12H20N4O. The summed E-state index contributed by atoms with van der Waals surface area (Å²) in [7, 11) is 2.12. The quantitative estimate of drug-likeness (QED) is 0.816. The van der Waals surface area contributed by atoms with Crippen molar-refractivity contribution in [3.63, 3.8) is 0 Å². The van der Waals surface area contributed by atoms with Gasteiger partial charge in [-0.1, -0.05) is 6.92 Å². The van der Waals surface area contributed by atoms with Crippen LogP contribution in [0, 0.1) is 0 Å². The predicted molar refractivity (Wildman–Crippen MR) is 68.4 cm³/mol. The zero-order chi connectivity index (χ0) is 12.3. The Hall–Kier alpha value is -1.36. The van der Waals surface area contributed by atoms with E-state index in [4.69, 9.17) is 0 Å². The fourth-order valence-corrected chi connectivity index (χ4v) is 2.24. The van der Waals surface area contributed by atoms with E-state index < -0.39 is 0 Å². The SMILES string of the molecule is CCc1nc(NC2CCCN(C)C2)cc(=O)[nH]1. The number of likely N-dealkylation sites (N-methyl/N-ethyl adjacent to an activating group) is 1. The van der Waals surface area contributed by atoms with Crippen LogP contribution in [0.25, 0.3) is 0 Å². The fraction of sp³-hybridized carbons (Fsp3) is 0.667. The molecule has 5 nitrogen and oxygen atoms in total. The lowest BCUT2D eigenvalue weighted by atomic mass is 10.1. The first-order valence-electron chi connectivity index (χ1n) is 6.22. The molecule has 1 aromatic rings.